The molecule has 0 aliphatic rings. The predicted molar refractivity (Wildman–Crippen MR) is 104 cm³/mol. The Labute approximate surface area is 140 Å². The zero-order valence-corrected chi connectivity index (χ0v) is 16.5. The van der Waals surface area contributed by atoms with Crippen LogP contribution >= 0.6 is 8.58 Å². The molecule has 0 bridgehead atoms. The van der Waals surface area contributed by atoms with Crippen LogP contribution in [0, 0.1) is 12.3 Å². The fourth-order valence-electron chi connectivity index (χ4n) is 2.90. The summed E-state index contributed by atoms with van der Waals surface area (Å²) in [5.41, 5.74) is 11.5. The summed E-state index contributed by atoms with van der Waals surface area (Å²) in [5.74, 6) is 0. The molecule has 126 valence electrons. The molecule has 0 saturated heterocycles. The first-order valence-electron chi connectivity index (χ1n) is 8.81. The van der Waals surface area contributed by atoms with E-state index in [1.54, 1.807) is 5.56 Å². The van der Waals surface area contributed by atoms with Crippen molar-refractivity contribution in [1.29, 1.82) is 0 Å². The van der Waals surface area contributed by atoms with Gasteiger partial charge in [-0.3, -0.25) is 0 Å². The fourth-order valence-corrected chi connectivity index (χ4v) is 4.30. The highest BCUT2D eigenvalue weighted by Crippen LogP contribution is 2.35. The molecule has 0 amide bonds. The lowest BCUT2D eigenvalue weighted by Crippen LogP contribution is -2.20. The van der Waals surface area contributed by atoms with Gasteiger partial charge in [0.05, 0.1) is 0 Å². The summed E-state index contributed by atoms with van der Waals surface area (Å²) in [5, 5.41) is 0. The second-order valence-corrected chi connectivity index (χ2v) is 9.55. The minimum absolute atomic E-state index is 0.347. The van der Waals surface area contributed by atoms with Crippen molar-refractivity contribution in [3.05, 3.63) is 34.9 Å². The van der Waals surface area contributed by atoms with E-state index in [4.69, 9.17) is 5.73 Å². The van der Waals surface area contributed by atoms with Crippen LogP contribution in [-0.4, -0.2) is 17.9 Å². The molecule has 0 fully saturated rings. The second-order valence-electron chi connectivity index (χ2n) is 7.80. The SMILES string of the molecule is CCc1cc(C)ccc1CC(C)(C)CPC(C)CCC(C)N. The van der Waals surface area contributed by atoms with Crippen LogP contribution in [0.15, 0.2) is 18.2 Å². The Morgan fingerprint density at radius 3 is 2.41 bits per heavy atom. The van der Waals surface area contributed by atoms with E-state index in [2.05, 4.69) is 59.7 Å². The average molecular weight is 321 g/mol. The molecule has 1 aromatic carbocycles. The number of nitrogens with two attached hydrogens (primary N) is 1. The van der Waals surface area contributed by atoms with Gasteiger partial charge < -0.3 is 5.73 Å². The Balaban J connectivity index is 2.56. The van der Waals surface area contributed by atoms with Gasteiger partial charge in [-0.2, -0.15) is 0 Å². The van der Waals surface area contributed by atoms with Crippen molar-refractivity contribution in [2.45, 2.75) is 78.9 Å². The Hall–Kier alpha value is -0.390. The molecule has 0 saturated carbocycles. The molecule has 22 heavy (non-hydrogen) atoms. The first kappa shape index (κ1) is 19.7. The molecular formula is C20H36NP. The van der Waals surface area contributed by atoms with E-state index in [1.165, 1.54) is 30.1 Å². The Morgan fingerprint density at radius 1 is 1.14 bits per heavy atom. The molecule has 0 aromatic heterocycles. The quantitative estimate of drug-likeness (QED) is 0.612. The third-order valence-electron chi connectivity index (χ3n) is 4.40. The highest BCUT2D eigenvalue weighted by Gasteiger charge is 2.21. The largest absolute Gasteiger partial charge is 0.328 e. The second kappa shape index (κ2) is 9.04. The normalized spacial score (nSPS) is 15.4. The van der Waals surface area contributed by atoms with Crippen LogP contribution in [0.4, 0.5) is 0 Å². The van der Waals surface area contributed by atoms with Crippen LogP contribution in [0.5, 0.6) is 0 Å². The molecule has 3 unspecified atom stereocenters. The molecule has 3 atom stereocenters. The topological polar surface area (TPSA) is 26.0 Å². The van der Waals surface area contributed by atoms with E-state index in [0.29, 0.717) is 11.5 Å². The first-order chi connectivity index (χ1) is 10.2. The summed E-state index contributed by atoms with van der Waals surface area (Å²) in [4.78, 5) is 0. The summed E-state index contributed by atoms with van der Waals surface area (Å²) in [6, 6.07) is 7.32. The van der Waals surface area contributed by atoms with E-state index in [-0.39, 0.29) is 0 Å². The van der Waals surface area contributed by atoms with Crippen LogP contribution in [0.2, 0.25) is 0 Å². The molecule has 1 nitrogen and oxygen atoms in total. The third-order valence-corrected chi connectivity index (χ3v) is 6.54. The summed E-state index contributed by atoms with van der Waals surface area (Å²) >= 11 is 0. The molecule has 0 spiro atoms. The van der Waals surface area contributed by atoms with Crippen molar-refractivity contribution in [2.24, 2.45) is 11.1 Å². The van der Waals surface area contributed by atoms with Crippen LogP contribution in [-0.2, 0) is 12.8 Å². The van der Waals surface area contributed by atoms with Gasteiger partial charge in [0.2, 0.25) is 0 Å². The van der Waals surface area contributed by atoms with Crippen molar-refractivity contribution >= 4 is 8.58 Å². The van der Waals surface area contributed by atoms with Crippen LogP contribution in [0.3, 0.4) is 0 Å². The maximum atomic E-state index is 5.87. The highest BCUT2D eigenvalue weighted by atomic mass is 31.1. The summed E-state index contributed by atoms with van der Waals surface area (Å²) in [7, 11) is 1.05. The van der Waals surface area contributed by atoms with E-state index in [0.717, 1.165) is 27.1 Å². The van der Waals surface area contributed by atoms with Crippen LogP contribution in [0.1, 0.15) is 64.2 Å². The van der Waals surface area contributed by atoms with E-state index in [1.807, 2.05) is 0 Å². The minimum Gasteiger partial charge on any atom is -0.328 e. The van der Waals surface area contributed by atoms with E-state index < -0.39 is 0 Å². The number of rotatable bonds is 9. The molecule has 0 aliphatic heterocycles. The van der Waals surface area contributed by atoms with Gasteiger partial charge in [0.1, 0.15) is 0 Å². The molecule has 1 aromatic rings. The van der Waals surface area contributed by atoms with Gasteiger partial charge in [0.25, 0.3) is 0 Å². The molecule has 2 N–H and O–H groups in total. The Bertz CT molecular complexity index is 451. The van der Waals surface area contributed by atoms with Crippen molar-refractivity contribution in [1.82, 2.24) is 0 Å². The highest BCUT2D eigenvalue weighted by molar-refractivity contribution is 7.38. The zero-order chi connectivity index (χ0) is 16.8. The van der Waals surface area contributed by atoms with Crippen molar-refractivity contribution in [2.75, 3.05) is 6.16 Å². The molecule has 0 aliphatic carbocycles. The molecule has 2 heteroatoms. The van der Waals surface area contributed by atoms with Gasteiger partial charge in [0, 0.05) is 6.04 Å². The lowest BCUT2D eigenvalue weighted by atomic mass is 9.85. The van der Waals surface area contributed by atoms with Gasteiger partial charge in [-0.1, -0.05) is 51.5 Å². The molecular weight excluding hydrogens is 285 g/mol. The van der Waals surface area contributed by atoms with Gasteiger partial charge in [-0.25, -0.2) is 0 Å². The summed E-state index contributed by atoms with van der Waals surface area (Å²) < 4.78 is 0. The Kier molecular flexibility index (Phi) is 8.08. The standard InChI is InChI=1S/C20H36NP/c1-7-18-12-15(2)8-11-19(18)13-20(5,6)14-22-17(4)10-9-16(3)21/h8,11-12,16-17,22H,7,9-10,13-14,21H2,1-6H3. The fraction of sp³-hybridized carbons (Fsp3) is 0.700. The lowest BCUT2D eigenvalue weighted by Gasteiger charge is -2.28. The van der Waals surface area contributed by atoms with E-state index in [9.17, 15) is 0 Å². The zero-order valence-electron chi connectivity index (χ0n) is 15.5. The first-order valence-corrected chi connectivity index (χ1v) is 10.1. The molecule has 0 heterocycles. The third kappa shape index (κ3) is 7.25. The molecule has 1 rings (SSSR count). The van der Waals surface area contributed by atoms with Crippen molar-refractivity contribution < 1.29 is 0 Å². The summed E-state index contributed by atoms with van der Waals surface area (Å²) in [6.45, 7) is 13.8. The maximum Gasteiger partial charge on any atom is 0.00107 e. The summed E-state index contributed by atoms with van der Waals surface area (Å²) in [6.07, 6.45) is 6.09. The predicted octanol–water partition coefficient (Wildman–Crippen LogP) is 5.32. The van der Waals surface area contributed by atoms with Crippen molar-refractivity contribution in [3.63, 3.8) is 0 Å². The van der Waals surface area contributed by atoms with Gasteiger partial charge in [-0.15, -0.1) is 8.58 Å². The minimum atomic E-state index is 0.347. The lowest BCUT2D eigenvalue weighted by molar-refractivity contribution is 0.417. The Morgan fingerprint density at radius 2 is 1.82 bits per heavy atom. The van der Waals surface area contributed by atoms with E-state index >= 15 is 0 Å². The van der Waals surface area contributed by atoms with Gasteiger partial charge in [0.15, 0.2) is 0 Å². The van der Waals surface area contributed by atoms with Crippen LogP contribution in [0.25, 0.3) is 0 Å². The smallest absolute Gasteiger partial charge is 0.00107 e. The number of hydrogen-bond donors (Lipinski definition) is 1. The van der Waals surface area contributed by atoms with Crippen LogP contribution < -0.4 is 5.73 Å². The maximum absolute atomic E-state index is 5.87. The number of benzene rings is 1. The number of aryl methyl sites for hydroxylation is 2. The van der Waals surface area contributed by atoms with Gasteiger partial charge >= 0.3 is 0 Å². The van der Waals surface area contributed by atoms with Gasteiger partial charge in [-0.05, 0) is 67.9 Å². The monoisotopic (exact) mass is 321 g/mol. The number of hydrogen-bond acceptors (Lipinski definition) is 1. The van der Waals surface area contributed by atoms with Crippen molar-refractivity contribution in [3.8, 4) is 0 Å². The molecule has 0 radical (unpaired) electrons. The average Bonchev–Trinajstić information content (AvgIpc) is 2.44.